The number of rotatable bonds is 5. The summed E-state index contributed by atoms with van der Waals surface area (Å²) in [6.07, 6.45) is -0.790. The number of piperidine rings is 1. The molecule has 4 rings (SSSR count). The first-order valence-corrected chi connectivity index (χ1v) is 12.7. The summed E-state index contributed by atoms with van der Waals surface area (Å²) in [5.74, 6) is -1.22. The summed E-state index contributed by atoms with van der Waals surface area (Å²) < 4.78 is 25.4. The molecule has 8 nitrogen and oxygen atoms in total. The molecule has 0 aliphatic carbocycles. The highest BCUT2D eigenvalue weighted by Gasteiger charge is 2.39. The molecular formula is C29H33FN2O6. The van der Waals surface area contributed by atoms with Crippen LogP contribution in [-0.4, -0.2) is 56.5 Å². The predicted octanol–water partition coefficient (Wildman–Crippen LogP) is 6.10. The number of fused-ring (bicyclic) bond motifs is 1. The summed E-state index contributed by atoms with van der Waals surface area (Å²) in [4.78, 5) is 30.8. The van der Waals surface area contributed by atoms with Crippen molar-refractivity contribution in [1.29, 1.82) is 0 Å². The molecule has 1 aliphatic heterocycles. The van der Waals surface area contributed by atoms with Crippen molar-refractivity contribution >= 4 is 22.8 Å². The number of benzene rings is 2. The minimum Gasteiger partial charge on any atom is -0.508 e. The molecule has 2 aromatic carbocycles. The Labute approximate surface area is 221 Å². The first-order valence-electron chi connectivity index (χ1n) is 12.7. The molecule has 0 spiro atoms. The van der Waals surface area contributed by atoms with E-state index < -0.39 is 29.8 Å². The van der Waals surface area contributed by atoms with Gasteiger partial charge in [-0.1, -0.05) is 26.0 Å². The lowest BCUT2D eigenvalue weighted by molar-refractivity contribution is -0.145. The van der Waals surface area contributed by atoms with E-state index in [1.54, 1.807) is 51.1 Å². The van der Waals surface area contributed by atoms with Crippen LogP contribution in [0.2, 0.25) is 0 Å². The number of amides is 1. The van der Waals surface area contributed by atoms with E-state index in [0.717, 1.165) is 22.2 Å². The van der Waals surface area contributed by atoms with Crippen molar-refractivity contribution < 1.29 is 33.7 Å². The van der Waals surface area contributed by atoms with Crippen LogP contribution in [0.5, 0.6) is 11.6 Å². The largest absolute Gasteiger partial charge is 0.508 e. The first-order chi connectivity index (χ1) is 17.8. The van der Waals surface area contributed by atoms with Crippen molar-refractivity contribution in [2.45, 2.75) is 71.1 Å². The van der Waals surface area contributed by atoms with E-state index in [4.69, 9.17) is 14.5 Å². The number of carboxylic acid groups (broad SMARTS) is 1. The molecule has 2 heterocycles. The van der Waals surface area contributed by atoms with Gasteiger partial charge < -0.3 is 19.7 Å². The number of hydrogen-bond donors (Lipinski definition) is 2. The molecule has 1 aromatic heterocycles. The molecule has 38 heavy (non-hydrogen) atoms. The highest BCUT2D eigenvalue weighted by atomic mass is 19.1. The number of pyridine rings is 1. The van der Waals surface area contributed by atoms with Gasteiger partial charge >= 0.3 is 12.1 Å². The van der Waals surface area contributed by atoms with Gasteiger partial charge in [-0.3, -0.25) is 4.90 Å². The molecule has 0 saturated carbocycles. The van der Waals surface area contributed by atoms with Crippen molar-refractivity contribution in [3.05, 3.63) is 54.0 Å². The Kier molecular flexibility index (Phi) is 7.49. The van der Waals surface area contributed by atoms with Crippen molar-refractivity contribution in [3.8, 4) is 22.8 Å². The number of halogens is 1. The standard InChI is InChI=1S/C29H33FN2O6/c1-16(2)25-24(17-6-8-18(30)9-7-17)21-11-10-19(33)14-22(21)26(31-25)37-20-12-13-32(23(15-20)27(34)35)28(36)38-29(3,4)5/h6-11,14,16,20,23,33H,12-13,15H2,1-5H3,(H,34,35)/t20-,23-/m0/s1. The van der Waals surface area contributed by atoms with Gasteiger partial charge in [0.15, 0.2) is 0 Å². The fourth-order valence-electron chi connectivity index (χ4n) is 4.69. The van der Waals surface area contributed by atoms with Gasteiger partial charge in [0.2, 0.25) is 5.88 Å². The number of hydrogen-bond acceptors (Lipinski definition) is 6. The van der Waals surface area contributed by atoms with Gasteiger partial charge in [-0.25, -0.2) is 19.0 Å². The van der Waals surface area contributed by atoms with E-state index >= 15 is 0 Å². The summed E-state index contributed by atoms with van der Waals surface area (Å²) in [7, 11) is 0. The molecule has 1 amide bonds. The molecule has 1 aliphatic rings. The fraction of sp³-hybridized carbons (Fsp3) is 0.414. The second-order valence-electron chi connectivity index (χ2n) is 10.9. The van der Waals surface area contributed by atoms with Crippen LogP contribution >= 0.6 is 0 Å². The lowest BCUT2D eigenvalue weighted by atomic mass is 9.92. The maximum atomic E-state index is 13.7. The summed E-state index contributed by atoms with van der Waals surface area (Å²) in [6.45, 7) is 9.31. The van der Waals surface area contributed by atoms with Crippen LogP contribution in [0.25, 0.3) is 21.9 Å². The third-order valence-electron chi connectivity index (χ3n) is 6.41. The number of aromatic hydroxyl groups is 1. The third kappa shape index (κ3) is 5.82. The van der Waals surface area contributed by atoms with Crippen molar-refractivity contribution in [2.75, 3.05) is 6.54 Å². The predicted molar refractivity (Wildman–Crippen MR) is 141 cm³/mol. The van der Waals surface area contributed by atoms with Crippen LogP contribution in [0.3, 0.4) is 0 Å². The van der Waals surface area contributed by atoms with Gasteiger partial charge in [0.25, 0.3) is 0 Å². The second kappa shape index (κ2) is 10.5. The Morgan fingerprint density at radius 3 is 2.39 bits per heavy atom. The van der Waals surface area contributed by atoms with Crippen LogP contribution in [0.4, 0.5) is 9.18 Å². The van der Waals surface area contributed by atoms with Crippen LogP contribution in [0.15, 0.2) is 42.5 Å². The highest BCUT2D eigenvalue weighted by molar-refractivity contribution is 6.01. The molecule has 1 fully saturated rings. The van der Waals surface area contributed by atoms with Crippen LogP contribution in [-0.2, 0) is 9.53 Å². The minimum absolute atomic E-state index is 0.0172. The van der Waals surface area contributed by atoms with E-state index in [-0.39, 0.29) is 36.3 Å². The second-order valence-corrected chi connectivity index (χ2v) is 10.9. The SMILES string of the molecule is CC(C)c1nc(O[C@H]2CCN(C(=O)OC(C)(C)C)[C@H](C(=O)O)C2)c2cc(O)ccc2c1-c1ccc(F)cc1. The van der Waals surface area contributed by atoms with Gasteiger partial charge in [0.05, 0.1) is 5.69 Å². The van der Waals surface area contributed by atoms with E-state index in [9.17, 15) is 24.2 Å². The topological polar surface area (TPSA) is 109 Å². The number of carbonyl (C=O) groups is 2. The van der Waals surface area contributed by atoms with E-state index in [2.05, 4.69) is 0 Å². The van der Waals surface area contributed by atoms with Crippen molar-refractivity contribution in [2.24, 2.45) is 0 Å². The number of nitrogens with zero attached hydrogens (tertiary/aromatic N) is 2. The summed E-state index contributed by atoms with van der Waals surface area (Å²) in [6, 6.07) is 9.94. The van der Waals surface area contributed by atoms with Gasteiger partial charge in [-0.05, 0) is 68.0 Å². The Balaban J connectivity index is 1.72. The molecule has 2 atom stereocenters. The zero-order chi connectivity index (χ0) is 27.8. The lowest BCUT2D eigenvalue weighted by Crippen LogP contribution is -2.53. The lowest BCUT2D eigenvalue weighted by Gasteiger charge is -2.37. The molecule has 0 bridgehead atoms. The Bertz CT molecular complexity index is 1350. The van der Waals surface area contributed by atoms with Gasteiger partial charge in [0.1, 0.15) is 29.3 Å². The number of phenolic OH excluding ortho intramolecular Hbond substituents is 1. The van der Waals surface area contributed by atoms with Gasteiger partial charge in [-0.2, -0.15) is 0 Å². The van der Waals surface area contributed by atoms with Crippen LogP contribution in [0, 0.1) is 5.82 Å². The monoisotopic (exact) mass is 524 g/mol. The quantitative estimate of drug-likeness (QED) is 0.415. The maximum absolute atomic E-state index is 13.7. The van der Waals surface area contributed by atoms with Crippen molar-refractivity contribution in [3.63, 3.8) is 0 Å². The Morgan fingerprint density at radius 2 is 1.79 bits per heavy atom. The van der Waals surface area contributed by atoms with E-state index in [0.29, 0.717) is 11.8 Å². The van der Waals surface area contributed by atoms with Crippen LogP contribution in [0.1, 0.15) is 59.1 Å². The maximum Gasteiger partial charge on any atom is 0.411 e. The van der Waals surface area contributed by atoms with E-state index in [1.165, 1.54) is 17.0 Å². The normalized spacial score (nSPS) is 18.0. The molecular weight excluding hydrogens is 491 g/mol. The molecule has 202 valence electrons. The number of aliphatic carboxylic acids is 1. The summed E-state index contributed by atoms with van der Waals surface area (Å²) in [5, 5.41) is 21.5. The Morgan fingerprint density at radius 1 is 1.11 bits per heavy atom. The summed E-state index contributed by atoms with van der Waals surface area (Å²) in [5.41, 5.74) is 1.57. The molecule has 9 heteroatoms. The Hall–Kier alpha value is -3.88. The number of carboxylic acids is 1. The summed E-state index contributed by atoms with van der Waals surface area (Å²) >= 11 is 0. The number of phenols is 1. The average molecular weight is 525 g/mol. The first kappa shape index (κ1) is 27.2. The van der Waals surface area contributed by atoms with Crippen molar-refractivity contribution in [1.82, 2.24) is 9.88 Å². The third-order valence-corrected chi connectivity index (χ3v) is 6.41. The smallest absolute Gasteiger partial charge is 0.411 e. The van der Waals surface area contributed by atoms with E-state index in [1.807, 2.05) is 13.8 Å². The molecule has 1 saturated heterocycles. The highest BCUT2D eigenvalue weighted by Crippen LogP contribution is 2.40. The molecule has 0 radical (unpaired) electrons. The minimum atomic E-state index is -1.14. The van der Waals surface area contributed by atoms with Crippen LogP contribution < -0.4 is 4.74 Å². The molecule has 0 unspecified atom stereocenters. The van der Waals surface area contributed by atoms with Gasteiger partial charge in [0, 0.05) is 30.3 Å². The average Bonchev–Trinajstić information content (AvgIpc) is 2.83. The van der Waals surface area contributed by atoms with Gasteiger partial charge in [-0.15, -0.1) is 0 Å². The number of likely N-dealkylation sites (tertiary alicyclic amines) is 1. The molecule has 2 N–H and O–H groups in total. The number of ether oxygens (including phenoxy) is 2. The fourth-order valence-corrected chi connectivity index (χ4v) is 4.69. The number of carbonyl (C=O) groups excluding carboxylic acids is 1. The number of aromatic nitrogens is 1. The zero-order valence-electron chi connectivity index (χ0n) is 22.2. The zero-order valence-corrected chi connectivity index (χ0v) is 22.2. The molecule has 3 aromatic rings.